The number of alkyl halides is 1. The van der Waals surface area contributed by atoms with Crippen LogP contribution in [0.1, 0.15) is 17.0 Å². The second kappa shape index (κ2) is 5.18. The smallest absolute Gasteiger partial charge is 0.232 e. The maximum Gasteiger partial charge on any atom is 0.232 e. The maximum absolute atomic E-state index is 5.70. The van der Waals surface area contributed by atoms with E-state index in [1.807, 2.05) is 32.0 Å². The normalized spacial score (nSPS) is 10.4. The van der Waals surface area contributed by atoms with Gasteiger partial charge in [0.25, 0.3) is 0 Å². The molecule has 0 amide bonds. The Hall–Kier alpha value is -1.88. The molecule has 18 heavy (non-hydrogen) atoms. The average Bonchev–Trinajstić information content (AvgIpc) is 2.33. The summed E-state index contributed by atoms with van der Waals surface area (Å²) in [5.41, 5.74) is 8.80. The first-order valence-electron chi connectivity index (χ1n) is 5.50. The molecule has 0 spiro atoms. The molecule has 3 N–H and O–H groups in total. The van der Waals surface area contributed by atoms with Crippen molar-refractivity contribution in [1.29, 1.82) is 0 Å². The van der Waals surface area contributed by atoms with Crippen LogP contribution in [0.3, 0.4) is 0 Å². The van der Waals surface area contributed by atoms with Crippen molar-refractivity contribution in [2.24, 2.45) is 0 Å². The Morgan fingerprint density at radius 3 is 2.44 bits per heavy atom. The third-order valence-corrected chi connectivity index (χ3v) is 2.78. The van der Waals surface area contributed by atoms with Gasteiger partial charge >= 0.3 is 0 Å². The molecular formula is C12H14ClN5. The number of nitrogens with two attached hydrogens (primary N) is 1. The van der Waals surface area contributed by atoms with E-state index in [0.29, 0.717) is 11.8 Å². The number of nitrogens with one attached hydrogen (secondary N) is 1. The lowest BCUT2D eigenvalue weighted by molar-refractivity contribution is 0.978. The second-order valence-electron chi connectivity index (χ2n) is 3.96. The third kappa shape index (κ3) is 2.68. The van der Waals surface area contributed by atoms with Gasteiger partial charge in [-0.1, -0.05) is 18.2 Å². The Balaban J connectivity index is 2.37. The minimum Gasteiger partial charge on any atom is -0.368 e. The molecule has 0 aliphatic carbocycles. The number of halogens is 1. The number of benzene rings is 1. The number of aromatic nitrogens is 3. The van der Waals surface area contributed by atoms with Crippen LogP contribution in [0.2, 0.25) is 0 Å². The zero-order valence-electron chi connectivity index (χ0n) is 10.2. The second-order valence-corrected chi connectivity index (χ2v) is 4.23. The Kier molecular flexibility index (Phi) is 3.62. The van der Waals surface area contributed by atoms with Gasteiger partial charge in [-0.3, -0.25) is 0 Å². The van der Waals surface area contributed by atoms with Gasteiger partial charge in [-0.2, -0.15) is 15.0 Å². The van der Waals surface area contributed by atoms with Crippen molar-refractivity contribution in [3.8, 4) is 0 Å². The summed E-state index contributed by atoms with van der Waals surface area (Å²) in [4.78, 5) is 12.2. The van der Waals surface area contributed by atoms with Gasteiger partial charge < -0.3 is 11.1 Å². The minimum absolute atomic E-state index is 0.161. The monoisotopic (exact) mass is 263 g/mol. The molecule has 0 aliphatic heterocycles. The van der Waals surface area contributed by atoms with Crippen molar-refractivity contribution >= 4 is 29.2 Å². The summed E-state index contributed by atoms with van der Waals surface area (Å²) in [5, 5.41) is 3.16. The molecule has 1 heterocycles. The number of para-hydroxylation sites is 1. The van der Waals surface area contributed by atoms with E-state index in [-0.39, 0.29) is 11.8 Å². The Bertz CT molecular complexity index is 550. The van der Waals surface area contributed by atoms with Crippen LogP contribution in [0.4, 0.5) is 17.6 Å². The van der Waals surface area contributed by atoms with Crippen LogP contribution in [-0.2, 0) is 5.88 Å². The quantitative estimate of drug-likeness (QED) is 0.833. The van der Waals surface area contributed by atoms with Crippen molar-refractivity contribution in [3.05, 3.63) is 35.2 Å². The van der Waals surface area contributed by atoms with Crippen LogP contribution in [0.5, 0.6) is 0 Å². The van der Waals surface area contributed by atoms with E-state index in [0.717, 1.165) is 16.8 Å². The summed E-state index contributed by atoms with van der Waals surface area (Å²) in [5.74, 6) is 1.23. The molecule has 0 saturated carbocycles. The first kappa shape index (κ1) is 12.6. The Morgan fingerprint density at radius 1 is 1.17 bits per heavy atom. The summed E-state index contributed by atoms with van der Waals surface area (Å²) in [6.07, 6.45) is 0. The molecule has 0 bridgehead atoms. The average molecular weight is 264 g/mol. The predicted octanol–water partition coefficient (Wildman–Crippen LogP) is 2.55. The highest BCUT2D eigenvalue weighted by atomic mass is 35.5. The highest BCUT2D eigenvalue weighted by Gasteiger charge is 2.07. The van der Waals surface area contributed by atoms with E-state index in [9.17, 15) is 0 Å². The molecule has 0 fully saturated rings. The van der Waals surface area contributed by atoms with Crippen LogP contribution < -0.4 is 11.1 Å². The van der Waals surface area contributed by atoms with E-state index in [1.54, 1.807) is 0 Å². The number of aryl methyl sites for hydroxylation is 2. The maximum atomic E-state index is 5.70. The standard InChI is InChI=1S/C12H14ClN5/c1-7-4-3-5-8(2)10(7)17-12-16-9(6-13)15-11(14)18-12/h3-5H,6H2,1-2H3,(H3,14,15,16,17,18). The van der Waals surface area contributed by atoms with Crippen molar-refractivity contribution in [2.75, 3.05) is 11.1 Å². The highest BCUT2D eigenvalue weighted by Crippen LogP contribution is 2.22. The zero-order valence-corrected chi connectivity index (χ0v) is 11.0. The summed E-state index contributed by atoms with van der Waals surface area (Å²) >= 11 is 5.70. The van der Waals surface area contributed by atoms with Crippen LogP contribution in [0, 0.1) is 13.8 Å². The zero-order chi connectivity index (χ0) is 13.1. The van der Waals surface area contributed by atoms with Gasteiger partial charge in [-0.15, -0.1) is 11.6 Å². The molecule has 0 atom stereocenters. The molecule has 2 rings (SSSR count). The van der Waals surface area contributed by atoms with Gasteiger partial charge in [0.2, 0.25) is 11.9 Å². The first-order valence-corrected chi connectivity index (χ1v) is 6.03. The van der Waals surface area contributed by atoms with Crippen molar-refractivity contribution in [3.63, 3.8) is 0 Å². The fourth-order valence-electron chi connectivity index (χ4n) is 1.68. The molecule has 0 unspecified atom stereocenters. The number of hydrogen-bond acceptors (Lipinski definition) is 5. The minimum atomic E-state index is 0.161. The van der Waals surface area contributed by atoms with Crippen LogP contribution >= 0.6 is 11.6 Å². The summed E-state index contributed by atoms with van der Waals surface area (Å²) in [6.45, 7) is 4.03. The Labute approximate surface area is 110 Å². The van der Waals surface area contributed by atoms with E-state index < -0.39 is 0 Å². The van der Waals surface area contributed by atoms with Crippen molar-refractivity contribution < 1.29 is 0 Å². The molecular weight excluding hydrogens is 250 g/mol. The molecule has 1 aromatic carbocycles. The predicted molar refractivity (Wildman–Crippen MR) is 73.0 cm³/mol. The van der Waals surface area contributed by atoms with Crippen molar-refractivity contribution in [1.82, 2.24) is 15.0 Å². The van der Waals surface area contributed by atoms with E-state index in [1.165, 1.54) is 0 Å². The van der Waals surface area contributed by atoms with Gasteiger partial charge in [-0.05, 0) is 25.0 Å². The van der Waals surface area contributed by atoms with E-state index in [2.05, 4.69) is 20.3 Å². The highest BCUT2D eigenvalue weighted by molar-refractivity contribution is 6.16. The lowest BCUT2D eigenvalue weighted by Crippen LogP contribution is -2.07. The molecule has 6 heteroatoms. The first-order chi connectivity index (χ1) is 8.60. The SMILES string of the molecule is Cc1cccc(C)c1Nc1nc(N)nc(CCl)n1. The fourth-order valence-corrected chi connectivity index (χ4v) is 1.80. The molecule has 5 nitrogen and oxygen atoms in total. The fraction of sp³-hybridized carbons (Fsp3) is 0.250. The molecule has 0 aliphatic rings. The van der Waals surface area contributed by atoms with Gasteiger partial charge in [0.15, 0.2) is 5.82 Å². The molecule has 2 aromatic rings. The summed E-state index contributed by atoms with van der Waals surface area (Å²) < 4.78 is 0. The van der Waals surface area contributed by atoms with Crippen molar-refractivity contribution in [2.45, 2.75) is 19.7 Å². The number of nitrogens with zero attached hydrogens (tertiary/aromatic N) is 3. The summed E-state index contributed by atoms with van der Waals surface area (Å²) in [7, 11) is 0. The summed E-state index contributed by atoms with van der Waals surface area (Å²) in [6, 6.07) is 6.03. The van der Waals surface area contributed by atoms with Gasteiger partial charge in [0, 0.05) is 5.69 Å². The van der Waals surface area contributed by atoms with Crippen LogP contribution in [0.15, 0.2) is 18.2 Å². The lowest BCUT2D eigenvalue weighted by atomic mass is 10.1. The van der Waals surface area contributed by atoms with E-state index >= 15 is 0 Å². The van der Waals surface area contributed by atoms with E-state index in [4.69, 9.17) is 17.3 Å². The topological polar surface area (TPSA) is 76.7 Å². The molecule has 1 aromatic heterocycles. The lowest BCUT2D eigenvalue weighted by Gasteiger charge is -2.11. The molecule has 0 radical (unpaired) electrons. The number of anilines is 3. The van der Waals surface area contributed by atoms with Gasteiger partial charge in [0.1, 0.15) is 0 Å². The number of rotatable bonds is 3. The van der Waals surface area contributed by atoms with Crippen LogP contribution in [-0.4, -0.2) is 15.0 Å². The Morgan fingerprint density at radius 2 is 1.83 bits per heavy atom. The number of hydrogen-bond donors (Lipinski definition) is 2. The number of nitrogen functional groups attached to an aromatic ring is 1. The molecule has 0 saturated heterocycles. The van der Waals surface area contributed by atoms with Crippen LogP contribution in [0.25, 0.3) is 0 Å². The van der Waals surface area contributed by atoms with Gasteiger partial charge in [-0.25, -0.2) is 0 Å². The third-order valence-electron chi connectivity index (χ3n) is 2.54. The van der Waals surface area contributed by atoms with Gasteiger partial charge in [0.05, 0.1) is 5.88 Å². The largest absolute Gasteiger partial charge is 0.368 e. The molecule has 94 valence electrons.